The Morgan fingerprint density at radius 1 is 1.35 bits per heavy atom. The van der Waals surface area contributed by atoms with Crippen LogP contribution < -0.4 is 15.5 Å². The number of likely N-dealkylation sites (N-methyl/N-ethyl adjacent to an activating group) is 1. The highest BCUT2D eigenvalue weighted by atomic mass is 35.5. The number of fused-ring (bicyclic) bond motifs is 3. The van der Waals surface area contributed by atoms with E-state index in [0.717, 1.165) is 42.2 Å². The zero-order chi connectivity index (χ0) is 16.0. The van der Waals surface area contributed by atoms with E-state index in [1.165, 1.54) is 10.4 Å². The fraction of sp³-hybridized carbons (Fsp3) is 0.353. The Morgan fingerprint density at radius 2 is 2.17 bits per heavy atom. The molecule has 4 nitrogen and oxygen atoms in total. The smallest absolute Gasteiger partial charge is 0.256 e. The molecule has 0 aliphatic carbocycles. The average Bonchev–Trinajstić information content (AvgIpc) is 2.92. The third kappa shape index (κ3) is 2.53. The summed E-state index contributed by atoms with van der Waals surface area (Å²) in [5.41, 5.74) is 2.99. The number of rotatable bonds is 2. The van der Waals surface area contributed by atoms with Crippen LogP contribution in [-0.2, 0) is 13.0 Å². The summed E-state index contributed by atoms with van der Waals surface area (Å²) in [5, 5.41) is 8.17. The Morgan fingerprint density at radius 3 is 2.96 bits per heavy atom. The van der Waals surface area contributed by atoms with Crippen LogP contribution in [0.5, 0.6) is 0 Å². The molecule has 1 aromatic carbocycles. The van der Waals surface area contributed by atoms with Crippen molar-refractivity contribution in [2.75, 3.05) is 18.4 Å². The lowest BCUT2D eigenvalue weighted by Gasteiger charge is -2.27. The number of halogens is 1. The molecule has 1 unspecified atom stereocenters. The minimum Gasteiger partial charge on any atom is -0.353 e. The quantitative estimate of drug-likeness (QED) is 0.779. The van der Waals surface area contributed by atoms with E-state index >= 15 is 0 Å². The van der Waals surface area contributed by atoms with Gasteiger partial charge in [0.2, 0.25) is 0 Å². The average molecular weight is 349 g/mol. The highest BCUT2D eigenvalue weighted by Gasteiger charge is 2.34. The maximum atomic E-state index is 12.7. The summed E-state index contributed by atoms with van der Waals surface area (Å²) < 4.78 is 0. The summed E-state index contributed by atoms with van der Waals surface area (Å²) in [5.74, 6) is 0.0149. The second-order valence-corrected chi connectivity index (χ2v) is 7.57. The summed E-state index contributed by atoms with van der Waals surface area (Å²) in [7, 11) is 0. The standard InChI is InChI=1S/C17H18ClN3OS/c1-2-21-8-7-11-13(9-21)23-17-14(11)16(22)19-15(20-17)10-5-3-4-6-12(10)18/h3-6,15,20H,2,7-9H2,1H3,(H,19,22)/p+1/t15-/m1/s1. The van der Waals surface area contributed by atoms with Gasteiger partial charge in [0.1, 0.15) is 17.7 Å². The van der Waals surface area contributed by atoms with Crippen molar-refractivity contribution in [1.29, 1.82) is 0 Å². The number of thiophene rings is 1. The number of hydrogen-bond acceptors (Lipinski definition) is 3. The lowest BCUT2D eigenvalue weighted by atomic mass is 10.0. The first-order chi connectivity index (χ1) is 11.2. The first-order valence-corrected chi connectivity index (χ1v) is 9.16. The molecule has 23 heavy (non-hydrogen) atoms. The van der Waals surface area contributed by atoms with Crippen LogP contribution in [-0.4, -0.2) is 19.0 Å². The fourth-order valence-electron chi connectivity index (χ4n) is 3.42. The first kappa shape index (κ1) is 15.0. The molecule has 0 fully saturated rings. The van der Waals surface area contributed by atoms with E-state index in [4.69, 9.17) is 11.6 Å². The van der Waals surface area contributed by atoms with E-state index in [0.29, 0.717) is 5.02 Å². The van der Waals surface area contributed by atoms with Gasteiger partial charge in [0.15, 0.2) is 0 Å². The summed E-state index contributed by atoms with van der Waals surface area (Å²) in [6, 6.07) is 7.63. The van der Waals surface area contributed by atoms with E-state index in [-0.39, 0.29) is 12.1 Å². The molecular weight excluding hydrogens is 330 g/mol. The molecule has 1 amide bonds. The van der Waals surface area contributed by atoms with Crippen LogP contribution in [0.25, 0.3) is 0 Å². The molecule has 120 valence electrons. The molecule has 0 spiro atoms. The topological polar surface area (TPSA) is 45.6 Å². The maximum Gasteiger partial charge on any atom is 0.256 e. The third-order valence-corrected chi connectivity index (χ3v) is 6.23. The Balaban J connectivity index is 1.69. The van der Waals surface area contributed by atoms with Crippen molar-refractivity contribution in [1.82, 2.24) is 5.32 Å². The molecule has 0 radical (unpaired) electrons. The van der Waals surface area contributed by atoms with Gasteiger partial charge in [-0.1, -0.05) is 29.8 Å². The monoisotopic (exact) mass is 348 g/mol. The number of nitrogens with one attached hydrogen (secondary N) is 3. The molecule has 2 aromatic rings. The van der Waals surface area contributed by atoms with Crippen molar-refractivity contribution >= 4 is 33.8 Å². The second-order valence-electron chi connectivity index (χ2n) is 6.06. The summed E-state index contributed by atoms with van der Waals surface area (Å²) in [4.78, 5) is 15.6. The Hall–Kier alpha value is -1.56. The molecule has 6 heteroatoms. The van der Waals surface area contributed by atoms with E-state index < -0.39 is 0 Å². The number of carbonyl (C=O) groups excluding carboxylic acids is 1. The van der Waals surface area contributed by atoms with E-state index in [1.807, 2.05) is 24.3 Å². The summed E-state index contributed by atoms with van der Waals surface area (Å²) >= 11 is 8.01. The Labute approximate surface area is 144 Å². The van der Waals surface area contributed by atoms with Crippen molar-refractivity contribution < 1.29 is 9.69 Å². The van der Waals surface area contributed by atoms with Gasteiger partial charge in [0.05, 0.1) is 23.5 Å². The van der Waals surface area contributed by atoms with Crippen LogP contribution in [0.3, 0.4) is 0 Å². The van der Waals surface area contributed by atoms with Crippen molar-refractivity contribution in [3.8, 4) is 0 Å². The highest BCUT2D eigenvalue weighted by molar-refractivity contribution is 7.16. The first-order valence-electron chi connectivity index (χ1n) is 7.97. The minimum absolute atomic E-state index is 0.0149. The molecule has 3 N–H and O–H groups in total. The molecule has 0 saturated heterocycles. The molecule has 3 heterocycles. The van der Waals surface area contributed by atoms with Gasteiger partial charge in [0, 0.05) is 17.0 Å². The van der Waals surface area contributed by atoms with E-state index in [2.05, 4.69) is 17.6 Å². The lowest BCUT2D eigenvalue weighted by molar-refractivity contribution is -0.913. The van der Waals surface area contributed by atoms with E-state index in [1.54, 1.807) is 16.2 Å². The largest absolute Gasteiger partial charge is 0.353 e. The SMILES string of the molecule is CC[NH+]1CCc2c(sc3c2C(=O)N[C@@H](c2ccccc2Cl)N3)C1. The number of quaternary nitrogens is 1. The highest BCUT2D eigenvalue weighted by Crippen LogP contribution is 2.39. The van der Waals surface area contributed by atoms with Gasteiger partial charge in [-0.2, -0.15) is 0 Å². The lowest BCUT2D eigenvalue weighted by Crippen LogP contribution is -3.11. The normalized spacial score (nSPS) is 22.8. The Bertz CT molecular complexity index is 773. The molecule has 2 atom stereocenters. The number of benzene rings is 1. The molecule has 2 aliphatic rings. The molecule has 4 rings (SSSR count). The number of amides is 1. The second kappa shape index (κ2) is 5.82. The number of carbonyl (C=O) groups is 1. The molecular formula is C17H19ClN3OS+. The third-order valence-electron chi connectivity index (χ3n) is 4.72. The van der Waals surface area contributed by atoms with Crippen LogP contribution in [0.1, 0.15) is 39.5 Å². The molecule has 0 bridgehead atoms. The van der Waals surface area contributed by atoms with Crippen molar-refractivity contribution in [2.45, 2.75) is 26.1 Å². The maximum absolute atomic E-state index is 12.7. The van der Waals surface area contributed by atoms with Crippen LogP contribution in [0, 0.1) is 0 Å². The van der Waals surface area contributed by atoms with Crippen molar-refractivity contribution in [3.63, 3.8) is 0 Å². The predicted molar refractivity (Wildman–Crippen MR) is 93.4 cm³/mol. The van der Waals surface area contributed by atoms with Crippen molar-refractivity contribution in [3.05, 3.63) is 50.9 Å². The Kier molecular flexibility index (Phi) is 3.79. The molecule has 2 aliphatic heterocycles. The minimum atomic E-state index is -0.265. The number of anilines is 1. The van der Waals surface area contributed by atoms with Crippen LogP contribution in [0.2, 0.25) is 5.02 Å². The summed E-state index contributed by atoms with van der Waals surface area (Å²) in [6.45, 7) is 5.47. The van der Waals surface area contributed by atoms with Crippen molar-refractivity contribution in [2.24, 2.45) is 0 Å². The summed E-state index contributed by atoms with van der Waals surface area (Å²) in [6.07, 6.45) is 0.717. The molecule has 1 aromatic heterocycles. The van der Waals surface area contributed by atoms with Gasteiger partial charge in [0.25, 0.3) is 5.91 Å². The predicted octanol–water partition coefficient (Wildman–Crippen LogP) is 2.22. The zero-order valence-corrected chi connectivity index (χ0v) is 14.5. The van der Waals surface area contributed by atoms with Crippen LogP contribution in [0.15, 0.2) is 24.3 Å². The van der Waals surface area contributed by atoms with Gasteiger partial charge < -0.3 is 15.5 Å². The van der Waals surface area contributed by atoms with Gasteiger partial charge in [-0.15, -0.1) is 11.3 Å². The molecule has 0 saturated carbocycles. The van der Waals surface area contributed by atoms with Gasteiger partial charge in [-0.05, 0) is 18.6 Å². The van der Waals surface area contributed by atoms with Crippen LogP contribution >= 0.6 is 22.9 Å². The van der Waals surface area contributed by atoms with Gasteiger partial charge >= 0.3 is 0 Å². The van der Waals surface area contributed by atoms with Gasteiger partial charge in [-0.3, -0.25) is 4.79 Å². The number of hydrogen-bond donors (Lipinski definition) is 3. The van der Waals surface area contributed by atoms with Crippen LogP contribution in [0.4, 0.5) is 5.00 Å². The zero-order valence-electron chi connectivity index (χ0n) is 12.9. The fourth-order valence-corrected chi connectivity index (χ4v) is 5.01. The van der Waals surface area contributed by atoms with E-state index in [9.17, 15) is 4.79 Å². The van der Waals surface area contributed by atoms with Gasteiger partial charge in [-0.25, -0.2) is 0 Å².